The highest BCUT2D eigenvalue weighted by Gasteiger charge is 2.47. The van der Waals surface area contributed by atoms with Gasteiger partial charge in [0.1, 0.15) is 11.5 Å². The Labute approximate surface area is 216 Å². The molecule has 192 valence electrons. The molecule has 7 heteroatoms. The van der Waals surface area contributed by atoms with Crippen molar-refractivity contribution in [2.45, 2.75) is 33.7 Å². The van der Waals surface area contributed by atoms with Crippen LogP contribution in [0.15, 0.2) is 60.2 Å². The van der Waals surface area contributed by atoms with E-state index in [1.54, 1.807) is 30.3 Å². The van der Waals surface area contributed by atoms with Crippen LogP contribution in [0.3, 0.4) is 0 Å². The number of methoxy groups -OCH3 is 2. The van der Waals surface area contributed by atoms with E-state index < -0.39 is 17.7 Å². The van der Waals surface area contributed by atoms with Crippen molar-refractivity contribution in [1.82, 2.24) is 0 Å². The van der Waals surface area contributed by atoms with Crippen LogP contribution in [0.4, 0.5) is 5.69 Å². The van der Waals surface area contributed by atoms with Gasteiger partial charge in [0.05, 0.1) is 38.0 Å². The molecule has 3 aromatic rings. The van der Waals surface area contributed by atoms with E-state index >= 15 is 0 Å². The van der Waals surface area contributed by atoms with Gasteiger partial charge >= 0.3 is 0 Å². The first-order valence-electron chi connectivity index (χ1n) is 12.1. The fraction of sp³-hybridized carbons (Fsp3) is 0.267. The molecule has 0 spiro atoms. The van der Waals surface area contributed by atoms with Gasteiger partial charge in [0, 0.05) is 5.69 Å². The second-order valence-corrected chi connectivity index (χ2v) is 9.01. The SMILES string of the molecule is CCOc1ccc(C2/C(=C(\O)c3cc(C)cc(C)c3OC)C(=O)C(=O)N2c2cccc(C)c2)cc1OC. The first kappa shape index (κ1) is 25.8. The lowest BCUT2D eigenvalue weighted by Crippen LogP contribution is -2.29. The summed E-state index contributed by atoms with van der Waals surface area (Å²) in [4.78, 5) is 28.5. The molecular weight excluding hydrogens is 470 g/mol. The summed E-state index contributed by atoms with van der Waals surface area (Å²) in [6.45, 7) is 7.99. The number of anilines is 1. The van der Waals surface area contributed by atoms with E-state index in [4.69, 9.17) is 14.2 Å². The van der Waals surface area contributed by atoms with Crippen LogP contribution >= 0.6 is 0 Å². The summed E-state index contributed by atoms with van der Waals surface area (Å²) >= 11 is 0. The normalized spacial score (nSPS) is 16.7. The molecule has 1 amide bonds. The Kier molecular flexibility index (Phi) is 7.25. The molecule has 1 saturated heterocycles. The standard InChI is InChI=1S/C30H31NO6/c1-7-37-23-12-11-20(16-24(23)35-5)26-25(27(32)22-15-18(3)13-19(4)29(22)36-6)28(33)30(34)31(26)21-10-8-9-17(2)14-21/h8-16,26,32H,7H2,1-6H3/b27-25+. The Bertz CT molecular complexity index is 1410. The maximum Gasteiger partial charge on any atom is 0.300 e. The average Bonchev–Trinajstić information content (AvgIpc) is 3.13. The van der Waals surface area contributed by atoms with E-state index in [-0.39, 0.29) is 11.3 Å². The zero-order valence-electron chi connectivity index (χ0n) is 21.9. The number of carbonyl (C=O) groups excluding carboxylic acids is 2. The minimum absolute atomic E-state index is 0.0268. The number of hydrogen-bond acceptors (Lipinski definition) is 6. The summed E-state index contributed by atoms with van der Waals surface area (Å²) in [7, 11) is 3.04. The predicted molar refractivity (Wildman–Crippen MR) is 143 cm³/mol. The number of amides is 1. The van der Waals surface area contributed by atoms with Gasteiger partial charge in [-0.05, 0) is 80.3 Å². The quantitative estimate of drug-likeness (QED) is 0.256. The monoisotopic (exact) mass is 501 g/mol. The molecule has 0 radical (unpaired) electrons. The van der Waals surface area contributed by atoms with Crippen LogP contribution in [-0.4, -0.2) is 37.6 Å². The van der Waals surface area contributed by atoms with Crippen molar-refractivity contribution >= 4 is 23.1 Å². The van der Waals surface area contributed by atoms with Gasteiger partial charge in [0.15, 0.2) is 11.5 Å². The largest absolute Gasteiger partial charge is 0.507 e. The second kappa shape index (κ2) is 10.4. The number of nitrogens with zero attached hydrogens (tertiary/aromatic N) is 1. The molecular formula is C30H31NO6. The van der Waals surface area contributed by atoms with Gasteiger partial charge in [-0.15, -0.1) is 0 Å². The Morgan fingerprint density at radius 1 is 0.919 bits per heavy atom. The molecule has 1 heterocycles. The molecule has 37 heavy (non-hydrogen) atoms. The van der Waals surface area contributed by atoms with Gasteiger partial charge in [-0.1, -0.05) is 24.3 Å². The number of hydrogen-bond donors (Lipinski definition) is 1. The number of aryl methyl sites for hydroxylation is 3. The number of carbonyl (C=O) groups is 2. The molecule has 0 aliphatic carbocycles. The predicted octanol–water partition coefficient (Wildman–Crippen LogP) is 5.65. The zero-order chi connectivity index (χ0) is 26.9. The van der Waals surface area contributed by atoms with E-state index in [0.717, 1.165) is 16.7 Å². The highest BCUT2D eigenvalue weighted by atomic mass is 16.5. The molecule has 1 fully saturated rings. The minimum Gasteiger partial charge on any atom is -0.507 e. The van der Waals surface area contributed by atoms with E-state index in [1.807, 2.05) is 52.0 Å². The summed E-state index contributed by atoms with van der Waals surface area (Å²) in [5.41, 5.74) is 4.07. The summed E-state index contributed by atoms with van der Waals surface area (Å²) < 4.78 is 16.8. The fourth-order valence-corrected chi connectivity index (χ4v) is 4.87. The summed E-state index contributed by atoms with van der Waals surface area (Å²) in [5, 5.41) is 11.6. The van der Waals surface area contributed by atoms with Crippen LogP contribution in [0.25, 0.3) is 5.76 Å². The number of rotatable bonds is 7. The summed E-state index contributed by atoms with van der Waals surface area (Å²) in [5.74, 6) is -0.371. The zero-order valence-corrected chi connectivity index (χ0v) is 21.9. The van der Waals surface area contributed by atoms with Crippen LogP contribution in [0.1, 0.15) is 40.8 Å². The van der Waals surface area contributed by atoms with Gasteiger partial charge in [-0.2, -0.15) is 0 Å². The van der Waals surface area contributed by atoms with Crippen LogP contribution in [0.5, 0.6) is 17.2 Å². The van der Waals surface area contributed by atoms with Crippen molar-refractivity contribution in [2.75, 3.05) is 25.7 Å². The Morgan fingerprint density at radius 3 is 2.32 bits per heavy atom. The molecule has 3 aromatic carbocycles. The minimum atomic E-state index is -0.906. The third-order valence-electron chi connectivity index (χ3n) is 6.41. The van der Waals surface area contributed by atoms with Crippen molar-refractivity contribution in [3.63, 3.8) is 0 Å². The first-order valence-corrected chi connectivity index (χ1v) is 12.1. The van der Waals surface area contributed by atoms with Gasteiger partial charge in [-0.25, -0.2) is 0 Å². The number of benzene rings is 3. The van der Waals surface area contributed by atoms with Crippen LogP contribution in [0.2, 0.25) is 0 Å². The summed E-state index contributed by atoms with van der Waals surface area (Å²) in [6, 6.07) is 15.4. The van der Waals surface area contributed by atoms with Gasteiger partial charge in [-0.3, -0.25) is 14.5 Å². The van der Waals surface area contributed by atoms with Crippen LogP contribution in [0, 0.1) is 20.8 Å². The molecule has 0 saturated carbocycles. The molecule has 1 unspecified atom stereocenters. The topological polar surface area (TPSA) is 85.3 Å². The fourth-order valence-electron chi connectivity index (χ4n) is 4.87. The number of aliphatic hydroxyl groups is 1. The molecule has 0 bridgehead atoms. The van der Waals surface area contributed by atoms with E-state index in [0.29, 0.717) is 40.7 Å². The number of ketones is 1. The smallest absolute Gasteiger partial charge is 0.300 e. The lowest BCUT2D eigenvalue weighted by atomic mass is 9.93. The van der Waals surface area contributed by atoms with Crippen molar-refractivity contribution in [1.29, 1.82) is 0 Å². The van der Waals surface area contributed by atoms with E-state index in [1.165, 1.54) is 19.1 Å². The number of ether oxygens (including phenoxy) is 3. The van der Waals surface area contributed by atoms with Gasteiger partial charge in [0.25, 0.3) is 11.7 Å². The highest BCUT2D eigenvalue weighted by Crippen LogP contribution is 2.45. The van der Waals surface area contributed by atoms with E-state index in [9.17, 15) is 14.7 Å². The molecule has 1 aliphatic heterocycles. The molecule has 1 atom stereocenters. The number of Topliss-reactive ketones (excluding diaryl/α,β-unsaturated/α-hetero) is 1. The van der Waals surface area contributed by atoms with Crippen molar-refractivity contribution in [2.24, 2.45) is 0 Å². The molecule has 7 nitrogen and oxygen atoms in total. The van der Waals surface area contributed by atoms with Crippen LogP contribution in [-0.2, 0) is 9.59 Å². The average molecular weight is 502 g/mol. The Hall–Kier alpha value is -4.26. The first-order chi connectivity index (χ1) is 17.7. The third kappa shape index (κ3) is 4.65. The summed E-state index contributed by atoms with van der Waals surface area (Å²) in [6.07, 6.45) is 0. The van der Waals surface area contributed by atoms with Gasteiger partial charge < -0.3 is 19.3 Å². The Morgan fingerprint density at radius 2 is 1.68 bits per heavy atom. The van der Waals surface area contributed by atoms with Gasteiger partial charge in [0.2, 0.25) is 0 Å². The Balaban J connectivity index is 2.02. The maximum absolute atomic E-state index is 13.6. The number of aliphatic hydroxyl groups excluding tert-OH is 1. The molecule has 0 aromatic heterocycles. The third-order valence-corrected chi connectivity index (χ3v) is 6.41. The van der Waals surface area contributed by atoms with Crippen LogP contribution < -0.4 is 19.1 Å². The second-order valence-electron chi connectivity index (χ2n) is 9.01. The van der Waals surface area contributed by atoms with Crippen molar-refractivity contribution in [3.05, 3.63) is 88.0 Å². The molecule has 1 aliphatic rings. The lowest BCUT2D eigenvalue weighted by molar-refractivity contribution is -0.132. The molecule has 4 rings (SSSR count). The van der Waals surface area contributed by atoms with E-state index in [2.05, 4.69) is 0 Å². The maximum atomic E-state index is 13.6. The van der Waals surface area contributed by atoms with Crippen molar-refractivity contribution < 1.29 is 28.9 Å². The highest BCUT2D eigenvalue weighted by molar-refractivity contribution is 6.51. The lowest BCUT2D eigenvalue weighted by Gasteiger charge is -2.26. The molecule has 1 N–H and O–H groups in total. The van der Waals surface area contributed by atoms with Crippen molar-refractivity contribution in [3.8, 4) is 17.2 Å².